The number of pyridine rings is 1. The van der Waals surface area contributed by atoms with Crippen molar-refractivity contribution in [2.75, 3.05) is 12.3 Å². The highest BCUT2D eigenvalue weighted by atomic mass is 32.1. The Labute approximate surface area is 179 Å². The molecular formula is C21H23FN6OS. The minimum Gasteiger partial charge on any atom is -0.482 e. The number of aromatic nitrogens is 1. The first kappa shape index (κ1) is 21.5. The first-order valence-corrected chi connectivity index (χ1v) is 9.90. The number of halogens is 1. The molecule has 0 radical (unpaired) electrons. The molecule has 0 saturated carbocycles. The summed E-state index contributed by atoms with van der Waals surface area (Å²) in [5.41, 5.74) is 17.1. The Morgan fingerprint density at radius 3 is 2.87 bits per heavy atom. The zero-order chi connectivity index (χ0) is 21.8. The molecule has 1 aliphatic heterocycles. The maximum Gasteiger partial charge on any atom is 0.166 e. The molecule has 156 valence electrons. The van der Waals surface area contributed by atoms with Crippen LogP contribution in [0, 0.1) is 16.8 Å². The number of thiol groups is 1. The van der Waals surface area contributed by atoms with Crippen LogP contribution < -0.4 is 15.8 Å². The highest BCUT2D eigenvalue weighted by Crippen LogP contribution is 2.34. The third-order valence-corrected chi connectivity index (χ3v) is 5.12. The van der Waals surface area contributed by atoms with Crippen molar-refractivity contribution in [1.82, 2.24) is 10.3 Å². The van der Waals surface area contributed by atoms with E-state index in [9.17, 15) is 4.39 Å². The average molecular weight is 427 g/mol. The zero-order valence-electron chi connectivity index (χ0n) is 16.7. The second-order valence-corrected chi connectivity index (χ2v) is 7.03. The van der Waals surface area contributed by atoms with Crippen LogP contribution in [0.1, 0.15) is 43.1 Å². The molecule has 1 atom stereocenters. The van der Waals surface area contributed by atoms with Crippen LogP contribution in [0.15, 0.2) is 52.3 Å². The van der Waals surface area contributed by atoms with Crippen molar-refractivity contribution < 1.29 is 9.13 Å². The van der Waals surface area contributed by atoms with Crippen LogP contribution in [0.5, 0.6) is 5.75 Å². The Morgan fingerprint density at radius 1 is 1.43 bits per heavy atom. The van der Waals surface area contributed by atoms with Gasteiger partial charge in [-0.25, -0.2) is 14.9 Å². The molecule has 5 N–H and O–H groups in total. The lowest BCUT2D eigenvalue weighted by Crippen LogP contribution is -2.18. The van der Waals surface area contributed by atoms with Crippen LogP contribution in [0.2, 0.25) is 0 Å². The number of fused-ring (bicyclic) bond motifs is 3. The summed E-state index contributed by atoms with van der Waals surface area (Å²) < 4.78 is 20.1. The minimum absolute atomic E-state index is 0.155. The van der Waals surface area contributed by atoms with E-state index in [1.807, 2.05) is 6.92 Å². The van der Waals surface area contributed by atoms with Gasteiger partial charge < -0.3 is 15.8 Å². The number of nitrogens with zero attached hydrogens (tertiary/aromatic N) is 2. The fourth-order valence-electron chi connectivity index (χ4n) is 3.32. The van der Waals surface area contributed by atoms with Gasteiger partial charge in [-0.1, -0.05) is 0 Å². The van der Waals surface area contributed by atoms with Gasteiger partial charge in [-0.15, -0.1) is 0 Å². The van der Waals surface area contributed by atoms with E-state index in [1.165, 1.54) is 17.5 Å². The van der Waals surface area contributed by atoms with Gasteiger partial charge in [0.2, 0.25) is 0 Å². The van der Waals surface area contributed by atoms with Gasteiger partial charge in [0, 0.05) is 35.9 Å². The van der Waals surface area contributed by atoms with E-state index in [0.29, 0.717) is 46.0 Å². The summed E-state index contributed by atoms with van der Waals surface area (Å²) in [6.45, 7) is 4.28. The summed E-state index contributed by atoms with van der Waals surface area (Å²) in [6, 6.07) is 5.91. The van der Waals surface area contributed by atoms with E-state index in [0.717, 1.165) is 0 Å². The second kappa shape index (κ2) is 9.08. The smallest absolute Gasteiger partial charge is 0.166 e. The largest absolute Gasteiger partial charge is 0.482 e. The number of nitrogens with one attached hydrogen (secondary N) is 3. The monoisotopic (exact) mass is 426 g/mol. The number of nitrogen functional groups attached to an aromatic ring is 1. The lowest BCUT2D eigenvalue weighted by atomic mass is 9.92. The summed E-state index contributed by atoms with van der Waals surface area (Å²) in [4.78, 5) is 4.22. The van der Waals surface area contributed by atoms with Crippen molar-refractivity contribution >= 4 is 29.9 Å². The standard InChI is InChI=1S/C21H23FN6OS/c1-3-26-20-12-7-18(21(24)27-9-12)29-11(2)16-8-14(22)4-5-15(16)19(23)13(10-30)6-17(20)28-25/h4-5,7-11,23,25-26,30H,3,6H2,1-2H3,(H2,24,27)/b13-10-,20-17-,23-19?,28-25?. The fraction of sp³-hybridized carbons (Fsp3) is 0.238. The summed E-state index contributed by atoms with van der Waals surface area (Å²) in [5.74, 6) is 0.0790. The molecule has 3 rings (SSSR count). The molecule has 2 bridgehead atoms. The molecule has 0 aliphatic carbocycles. The lowest BCUT2D eigenvalue weighted by Gasteiger charge is -2.23. The third-order valence-electron chi connectivity index (χ3n) is 4.81. The van der Waals surface area contributed by atoms with Crippen LogP contribution >= 0.6 is 12.6 Å². The van der Waals surface area contributed by atoms with Gasteiger partial charge in [-0.2, -0.15) is 17.7 Å². The predicted molar refractivity (Wildman–Crippen MR) is 118 cm³/mol. The molecule has 1 aromatic heterocycles. The minimum atomic E-state index is -0.595. The highest BCUT2D eigenvalue weighted by molar-refractivity contribution is 7.83. The zero-order valence-corrected chi connectivity index (χ0v) is 17.6. The topological polar surface area (TPSA) is 120 Å². The van der Waals surface area contributed by atoms with E-state index < -0.39 is 11.9 Å². The number of ether oxygens (including phenoxy) is 1. The van der Waals surface area contributed by atoms with Gasteiger partial charge in [-0.05, 0) is 49.1 Å². The van der Waals surface area contributed by atoms with Crippen molar-refractivity contribution in [2.45, 2.75) is 26.4 Å². The van der Waals surface area contributed by atoms with Gasteiger partial charge in [0.1, 0.15) is 11.9 Å². The Kier molecular flexibility index (Phi) is 6.51. The molecule has 9 heteroatoms. The van der Waals surface area contributed by atoms with Gasteiger partial charge in [0.25, 0.3) is 0 Å². The first-order valence-electron chi connectivity index (χ1n) is 9.38. The van der Waals surface area contributed by atoms with Crippen molar-refractivity contribution in [3.05, 3.63) is 69.6 Å². The quantitative estimate of drug-likeness (QED) is 0.356. The number of allylic oxidation sites excluding steroid dienone is 1. The van der Waals surface area contributed by atoms with E-state index in [2.05, 4.69) is 28.0 Å². The number of benzene rings is 1. The molecule has 0 amide bonds. The normalized spacial score (nSPS) is 20.6. The van der Waals surface area contributed by atoms with E-state index in [1.54, 1.807) is 25.3 Å². The van der Waals surface area contributed by atoms with Crippen molar-refractivity contribution in [3.63, 3.8) is 0 Å². The van der Waals surface area contributed by atoms with Crippen LogP contribution in [0.3, 0.4) is 0 Å². The van der Waals surface area contributed by atoms with Crippen LogP contribution in [-0.2, 0) is 0 Å². The summed E-state index contributed by atoms with van der Waals surface area (Å²) >= 11 is 4.28. The lowest BCUT2D eigenvalue weighted by molar-refractivity contribution is 0.227. The number of anilines is 1. The Morgan fingerprint density at radius 2 is 2.20 bits per heavy atom. The molecule has 7 nitrogen and oxygen atoms in total. The first-order chi connectivity index (χ1) is 14.4. The molecule has 1 aliphatic rings. The fourth-order valence-corrected chi connectivity index (χ4v) is 3.54. The molecule has 1 aromatic carbocycles. The third kappa shape index (κ3) is 4.20. The molecule has 2 aromatic rings. The molecule has 2 heterocycles. The summed E-state index contributed by atoms with van der Waals surface area (Å²) in [5, 5.41) is 17.2. The van der Waals surface area contributed by atoms with Gasteiger partial charge in [0.05, 0.1) is 17.1 Å². The number of hydrogen-bond donors (Lipinski definition) is 5. The number of rotatable bonds is 3. The van der Waals surface area contributed by atoms with Gasteiger partial charge >= 0.3 is 0 Å². The predicted octanol–water partition coefficient (Wildman–Crippen LogP) is 4.84. The Hall–Kier alpha value is -3.20. The van der Waals surface area contributed by atoms with Gasteiger partial charge in [0.15, 0.2) is 11.6 Å². The van der Waals surface area contributed by atoms with Gasteiger partial charge in [-0.3, -0.25) is 5.41 Å². The van der Waals surface area contributed by atoms with Crippen molar-refractivity contribution in [3.8, 4) is 5.75 Å². The Balaban J connectivity index is 2.30. The molecule has 1 unspecified atom stereocenters. The van der Waals surface area contributed by atoms with E-state index in [-0.39, 0.29) is 18.0 Å². The maximum absolute atomic E-state index is 14.0. The van der Waals surface area contributed by atoms with Crippen LogP contribution in [0.4, 0.5) is 10.2 Å². The van der Waals surface area contributed by atoms with E-state index >= 15 is 0 Å². The van der Waals surface area contributed by atoms with Crippen molar-refractivity contribution in [1.29, 1.82) is 10.9 Å². The molecule has 0 saturated heterocycles. The maximum atomic E-state index is 14.0. The Bertz CT molecular complexity index is 1070. The summed E-state index contributed by atoms with van der Waals surface area (Å²) in [6.07, 6.45) is 1.16. The molecule has 30 heavy (non-hydrogen) atoms. The number of nitrogens with two attached hydrogens (primary N) is 1. The molecule has 0 fully saturated rings. The molecular weight excluding hydrogens is 403 g/mol. The second-order valence-electron chi connectivity index (χ2n) is 6.77. The van der Waals surface area contributed by atoms with Crippen LogP contribution in [-0.4, -0.2) is 17.2 Å². The van der Waals surface area contributed by atoms with Crippen LogP contribution in [0.25, 0.3) is 5.70 Å². The molecule has 0 spiro atoms. The van der Waals surface area contributed by atoms with E-state index in [4.69, 9.17) is 21.4 Å². The highest BCUT2D eigenvalue weighted by Gasteiger charge is 2.23. The van der Waals surface area contributed by atoms with Crippen molar-refractivity contribution in [2.24, 2.45) is 5.11 Å². The number of hydrogen-bond acceptors (Lipinski definition) is 8. The average Bonchev–Trinajstić information content (AvgIpc) is 2.74. The SMILES string of the molecule is CCN/C1=C(\N=N)C/C(=C/S)C(=N)c2ccc(F)cc2C(C)Oc2cc1cnc2N. The summed E-state index contributed by atoms with van der Waals surface area (Å²) in [7, 11) is 0.